The van der Waals surface area contributed by atoms with Crippen LogP contribution in [0.25, 0.3) is 0 Å². The molecule has 0 aromatic heterocycles. The number of amides is 1. The lowest BCUT2D eigenvalue weighted by Crippen LogP contribution is -2.23. The topological polar surface area (TPSA) is 58.2 Å². The Morgan fingerprint density at radius 1 is 1.50 bits per heavy atom. The van der Waals surface area contributed by atoms with E-state index >= 15 is 0 Å². The molecule has 0 aliphatic carbocycles. The SMILES string of the molecule is COC(=O)NCCCC[O]. The van der Waals surface area contributed by atoms with Crippen molar-refractivity contribution in [3.8, 4) is 0 Å². The minimum atomic E-state index is -0.439. The van der Waals surface area contributed by atoms with Crippen LogP contribution in [0.3, 0.4) is 0 Å². The summed E-state index contributed by atoms with van der Waals surface area (Å²) in [6.07, 6.45) is 0.883. The van der Waals surface area contributed by atoms with Gasteiger partial charge >= 0.3 is 6.09 Å². The van der Waals surface area contributed by atoms with Crippen LogP contribution in [-0.2, 0) is 9.84 Å². The van der Waals surface area contributed by atoms with E-state index in [0.717, 1.165) is 6.42 Å². The fourth-order valence-corrected chi connectivity index (χ4v) is 0.490. The summed E-state index contributed by atoms with van der Waals surface area (Å²) in [4.78, 5) is 10.4. The summed E-state index contributed by atoms with van der Waals surface area (Å²) in [5.41, 5.74) is 0. The van der Waals surface area contributed by atoms with Crippen molar-refractivity contribution in [3.05, 3.63) is 0 Å². The van der Waals surface area contributed by atoms with E-state index in [1.807, 2.05) is 0 Å². The number of nitrogens with one attached hydrogen (secondary N) is 1. The predicted molar refractivity (Wildman–Crippen MR) is 35.2 cm³/mol. The highest BCUT2D eigenvalue weighted by molar-refractivity contribution is 5.66. The van der Waals surface area contributed by atoms with Crippen molar-refractivity contribution < 1.29 is 14.6 Å². The summed E-state index contributed by atoms with van der Waals surface area (Å²) in [6.45, 7) is 0.442. The number of hydrogen-bond acceptors (Lipinski definition) is 2. The summed E-state index contributed by atoms with van der Waals surface area (Å²) in [7, 11) is 1.31. The molecule has 1 amide bonds. The largest absolute Gasteiger partial charge is 0.453 e. The van der Waals surface area contributed by atoms with Crippen molar-refractivity contribution in [2.45, 2.75) is 12.8 Å². The molecule has 0 bridgehead atoms. The molecule has 0 aliphatic heterocycles. The third kappa shape index (κ3) is 5.37. The molecule has 0 aromatic carbocycles. The second-order valence-corrected chi connectivity index (χ2v) is 1.83. The molecule has 1 radical (unpaired) electrons. The Bertz CT molecular complexity index is 95.0. The van der Waals surface area contributed by atoms with E-state index in [2.05, 4.69) is 10.1 Å². The summed E-state index contributed by atoms with van der Waals surface area (Å²) >= 11 is 0. The van der Waals surface area contributed by atoms with Gasteiger partial charge in [-0.1, -0.05) is 0 Å². The third-order valence-electron chi connectivity index (χ3n) is 1.03. The maximum Gasteiger partial charge on any atom is 0.406 e. The Morgan fingerprint density at radius 2 is 2.20 bits per heavy atom. The van der Waals surface area contributed by atoms with Crippen LogP contribution in [0.5, 0.6) is 0 Å². The van der Waals surface area contributed by atoms with E-state index < -0.39 is 6.09 Å². The van der Waals surface area contributed by atoms with E-state index in [0.29, 0.717) is 13.0 Å². The summed E-state index contributed by atoms with van der Waals surface area (Å²) in [6, 6.07) is 0. The van der Waals surface area contributed by atoms with Crippen molar-refractivity contribution in [2.24, 2.45) is 0 Å². The fraction of sp³-hybridized carbons (Fsp3) is 0.833. The van der Waals surface area contributed by atoms with Crippen molar-refractivity contribution in [2.75, 3.05) is 20.3 Å². The second-order valence-electron chi connectivity index (χ2n) is 1.83. The zero-order valence-corrected chi connectivity index (χ0v) is 6.05. The van der Waals surface area contributed by atoms with E-state index in [-0.39, 0.29) is 6.61 Å². The summed E-state index contributed by atoms with van der Waals surface area (Å²) < 4.78 is 4.30. The van der Waals surface area contributed by atoms with Crippen molar-refractivity contribution in [1.29, 1.82) is 0 Å². The van der Waals surface area contributed by atoms with Gasteiger partial charge in [0.1, 0.15) is 0 Å². The molecule has 59 valence electrons. The summed E-state index contributed by atoms with van der Waals surface area (Å²) in [5, 5.41) is 12.4. The average molecular weight is 146 g/mol. The van der Waals surface area contributed by atoms with Crippen LogP contribution in [0, 0.1) is 0 Å². The highest BCUT2D eigenvalue weighted by Gasteiger charge is 1.94. The monoisotopic (exact) mass is 146 g/mol. The zero-order valence-electron chi connectivity index (χ0n) is 6.05. The average Bonchev–Trinajstić information content (AvgIpc) is 1.98. The molecule has 10 heavy (non-hydrogen) atoms. The lowest BCUT2D eigenvalue weighted by molar-refractivity contribution is 0.167. The molecule has 0 saturated heterocycles. The Labute approximate surface area is 60.2 Å². The molecule has 0 rings (SSSR count). The van der Waals surface area contributed by atoms with Gasteiger partial charge in [-0.15, -0.1) is 0 Å². The van der Waals surface area contributed by atoms with Gasteiger partial charge < -0.3 is 10.1 Å². The number of rotatable bonds is 4. The fourth-order valence-electron chi connectivity index (χ4n) is 0.490. The van der Waals surface area contributed by atoms with Crippen molar-refractivity contribution in [3.63, 3.8) is 0 Å². The van der Waals surface area contributed by atoms with Gasteiger partial charge in [0.2, 0.25) is 0 Å². The van der Waals surface area contributed by atoms with Crippen molar-refractivity contribution in [1.82, 2.24) is 5.32 Å². The molecule has 0 fully saturated rings. The Hall–Kier alpha value is -0.770. The minimum absolute atomic E-state index is 0.0805. The van der Waals surface area contributed by atoms with Gasteiger partial charge in [0, 0.05) is 6.54 Å². The molecule has 1 N–H and O–H groups in total. The number of carbonyl (C=O) groups excluding carboxylic acids is 1. The highest BCUT2D eigenvalue weighted by Crippen LogP contribution is 1.84. The molecule has 0 unspecified atom stereocenters. The van der Waals surface area contributed by atoms with Crippen LogP contribution in [0.15, 0.2) is 0 Å². The Balaban J connectivity index is 2.96. The lowest BCUT2D eigenvalue weighted by atomic mass is 10.3. The van der Waals surface area contributed by atoms with Crippen LogP contribution < -0.4 is 5.32 Å². The number of alkyl carbamates (subject to hydrolysis) is 1. The predicted octanol–water partition coefficient (Wildman–Crippen LogP) is 0.553. The van der Waals surface area contributed by atoms with Gasteiger partial charge in [0.15, 0.2) is 0 Å². The highest BCUT2D eigenvalue weighted by atomic mass is 16.5. The smallest absolute Gasteiger partial charge is 0.406 e. The van der Waals surface area contributed by atoms with Gasteiger partial charge in [-0.05, 0) is 12.8 Å². The molecule has 0 spiro atoms. The van der Waals surface area contributed by atoms with Crippen LogP contribution >= 0.6 is 0 Å². The maximum absolute atomic E-state index is 10.4. The first-order chi connectivity index (χ1) is 4.81. The lowest BCUT2D eigenvalue weighted by Gasteiger charge is -2.00. The van der Waals surface area contributed by atoms with Crippen LogP contribution in [0.4, 0.5) is 4.79 Å². The molecule has 0 atom stereocenters. The van der Waals surface area contributed by atoms with E-state index in [9.17, 15) is 9.90 Å². The Kier molecular flexibility index (Phi) is 5.86. The van der Waals surface area contributed by atoms with Crippen molar-refractivity contribution >= 4 is 6.09 Å². The van der Waals surface area contributed by atoms with Gasteiger partial charge in [-0.3, -0.25) is 0 Å². The van der Waals surface area contributed by atoms with Crippen LogP contribution in [0.1, 0.15) is 12.8 Å². The van der Waals surface area contributed by atoms with Gasteiger partial charge in [-0.2, -0.15) is 0 Å². The molecule has 4 nitrogen and oxygen atoms in total. The number of ether oxygens (including phenoxy) is 1. The molecular weight excluding hydrogens is 134 g/mol. The number of hydrogen-bond donors (Lipinski definition) is 1. The first kappa shape index (κ1) is 9.23. The summed E-state index contributed by atoms with van der Waals surface area (Å²) in [5.74, 6) is 0. The first-order valence-electron chi connectivity index (χ1n) is 3.21. The Morgan fingerprint density at radius 3 is 2.70 bits per heavy atom. The number of unbranched alkanes of at least 4 members (excludes halogenated alkanes) is 1. The van der Waals surface area contributed by atoms with Gasteiger partial charge in [-0.25, -0.2) is 9.90 Å². The minimum Gasteiger partial charge on any atom is -0.453 e. The quantitative estimate of drug-likeness (QED) is 0.589. The molecule has 4 heteroatoms. The van der Waals surface area contributed by atoms with Gasteiger partial charge in [0.05, 0.1) is 13.7 Å². The first-order valence-corrected chi connectivity index (χ1v) is 3.21. The standard InChI is InChI=1S/C6H12NO3/c1-10-6(9)7-4-2-3-5-8/h2-5H2,1H3,(H,7,9). The second kappa shape index (κ2) is 6.35. The molecular formula is C6H12NO3. The number of carbonyl (C=O) groups is 1. The molecule has 0 aliphatic rings. The molecule has 0 saturated carbocycles. The molecule has 0 heterocycles. The van der Waals surface area contributed by atoms with E-state index in [4.69, 9.17) is 0 Å². The molecule has 0 aromatic rings. The third-order valence-corrected chi connectivity index (χ3v) is 1.03. The maximum atomic E-state index is 10.4. The normalized spacial score (nSPS) is 9.00. The zero-order chi connectivity index (χ0) is 7.82. The van der Waals surface area contributed by atoms with E-state index in [1.165, 1.54) is 7.11 Å². The van der Waals surface area contributed by atoms with Crippen LogP contribution in [-0.4, -0.2) is 26.4 Å². The van der Waals surface area contributed by atoms with Crippen LogP contribution in [0.2, 0.25) is 0 Å². The number of methoxy groups -OCH3 is 1. The van der Waals surface area contributed by atoms with E-state index in [1.54, 1.807) is 0 Å². The van der Waals surface area contributed by atoms with Gasteiger partial charge in [0.25, 0.3) is 0 Å².